The van der Waals surface area contributed by atoms with Crippen LogP contribution in [0.4, 0.5) is 0 Å². The first-order chi connectivity index (χ1) is 7.63. The number of ketones is 1. The predicted octanol–water partition coefficient (Wildman–Crippen LogP) is 2.57. The van der Waals surface area contributed by atoms with Crippen molar-refractivity contribution in [2.24, 2.45) is 7.05 Å². The van der Waals surface area contributed by atoms with E-state index in [4.69, 9.17) is 4.42 Å². The maximum atomic E-state index is 12.1. The highest BCUT2D eigenvalue weighted by molar-refractivity contribution is 9.10. The summed E-state index contributed by atoms with van der Waals surface area (Å²) in [5.41, 5.74) is 1.43. The van der Waals surface area contributed by atoms with E-state index in [2.05, 4.69) is 21.0 Å². The zero-order valence-electron chi connectivity index (χ0n) is 9.03. The highest BCUT2D eigenvalue weighted by Gasteiger charge is 2.20. The van der Waals surface area contributed by atoms with Crippen LogP contribution in [0.25, 0.3) is 0 Å². The minimum atomic E-state index is -0.161. The van der Waals surface area contributed by atoms with Crippen molar-refractivity contribution in [2.75, 3.05) is 0 Å². The van der Waals surface area contributed by atoms with Gasteiger partial charge in [0.1, 0.15) is 5.69 Å². The molecule has 0 spiro atoms. The Hall–Kier alpha value is -1.36. The summed E-state index contributed by atoms with van der Waals surface area (Å²) in [6, 6.07) is 3.49. The van der Waals surface area contributed by atoms with E-state index < -0.39 is 0 Å². The van der Waals surface area contributed by atoms with E-state index in [-0.39, 0.29) is 5.78 Å². The van der Waals surface area contributed by atoms with Crippen LogP contribution in [0.15, 0.2) is 27.3 Å². The van der Waals surface area contributed by atoms with Crippen LogP contribution >= 0.6 is 15.9 Å². The Morgan fingerprint density at radius 2 is 2.38 bits per heavy atom. The molecule has 0 aliphatic heterocycles. The van der Waals surface area contributed by atoms with E-state index in [1.54, 1.807) is 23.9 Å². The van der Waals surface area contributed by atoms with E-state index >= 15 is 0 Å². The van der Waals surface area contributed by atoms with Crippen molar-refractivity contribution in [2.45, 2.75) is 13.3 Å². The Morgan fingerprint density at radius 1 is 1.62 bits per heavy atom. The van der Waals surface area contributed by atoms with Gasteiger partial charge in [0.15, 0.2) is 5.76 Å². The second-order valence-corrected chi connectivity index (χ2v) is 4.28. The molecule has 2 aromatic heterocycles. The Bertz CT molecular complexity index is 528. The summed E-state index contributed by atoms with van der Waals surface area (Å²) in [5.74, 6) is 0.150. The molecule has 2 aromatic rings. The van der Waals surface area contributed by atoms with Gasteiger partial charge in [-0.05, 0) is 34.5 Å². The molecule has 5 heteroatoms. The van der Waals surface area contributed by atoms with Crippen LogP contribution in [0, 0.1) is 0 Å². The molecule has 0 atom stereocenters. The number of carbonyl (C=O) groups is 1. The second-order valence-electron chi connectivity index (χ2n) is 3.42. The maximum absolute atomic E-state index is 12.1. The fraction of sp³-hybridized carbons (Fsp3) is 0.273. The van der Waals surface area contributed by atoms with Gasteiger partial charge >= 0.3 is 0 Å². The van der Waals surface area contributed by atoms with Crippen molar-refractivity contribution >= 4 is 21.7 Å². The van der Waals surface area contributed by atoms with Crippen molar-refractivity contribution in [1.29, 1.82) is 0 Å². The van der Waals surface area contributed by atoms with Gasteiger partial charge < -0.3 is 4.42 Å². The van der Waals surface area contributed by atoms with Crippen molar-refractivity contribution in [3.8, 4) is 0 Å². The average Bonchev–Trinajstić information content (AvgIpc) is 2.83. The lowest BCUT2D eigenvalue weighted by Crippen LogP contribution is -2.07. The number of nitrogens with zero attached hydrogens (tertiary/aromatic N) is 2. The molecule has 0 saturated carbocycles. The topological polar surface area (TPSA) is 48.0 Å². The van der Waals surface area contributed by atoms with Gasteiger partial charge in [-0.1, -0.05) is 6.92 Å². The largest absolute Gasteiger partial charge is 0.460 e. The first-order valence-electron chi connectivity index (χ1n) is 4.94. The standard InChI is InChI=1S/C11H11BrN2O2/c1-3-7-6-9(14(2)13-7)10(15)11-8(12)4-5-16-11/h4-6H,3H2,1-2H3. The first-order valence-corrected chi connectivity index (χ1v) is 5.73. The number of rotatable bonds is 3. The molecule has 0 aliphatic carbocycles. The summed E-state index contributed by atoms with van der Waals surface area (Å²) < 4.78 is 7.38. The van der Waals surface area contributed by atoms with Crippen molar-refractivity contribution in [3.05, 3.63) is 40.0 Å². The molecule has 0 unspecified atom stereocenters. The van der Waals surface area contributed by atoms with E-state index in [1.807, 2.05) is 6.92 Å². The average molecular weight is 283 g/mol. The molecule has 16 heavy (non-hydrogen) atoms. The summed E-state index contributed by atoms with van der Waals surface area (Å²) in [6.07, 6.45) is 2.29. The molecule has 0 aromatic carbocycles. The summed E-state index contributed by atoms with van der Waals surface area (Å²) in [6.45, 7) is 2.00. The number of hydrogen-bond donors (Lipinski definition) is 0. The second kappa shape index (κ2) is 4.25. The third kappa shape index (κ3) is 1.82. The van der Waals surface area contributed by atoms with Gasteiger partial charge in [-0.25, -0.2) is 0 Å². The summed E-state index contributed by atoms with van der Waals surface area (Å²) in [7, 11) is 1.75. The minimum absolute atomic E-state index is 0.161. The molecule has 84 valence electrons. The molecule has 0 fully saturated rings. The fourth-order valence-electron chi connectivity index (χ4n) is 1.48. The molecule has 0 radical (unpaired) electrons. The number of aryl methyl sites for hydroxylation is 2. The molecular weight excluding hydrogens is 272 g/mol. The van der Waals surface area contributed by atoms with E-state index in [0.29, 0.717) is 15.9 Å². The Kier molecular flexibility index (Phi) is 2.96. The number of halogens is 1. The van der Waals surface area contributed by atoms with Crippen LogP contribution in [-0.4, -0.2) is 15.6 Å². The van der Waals surface area contributed by atoms with E-state index in [1.165, 1.54) is 6.26 Å². The highest BCUT2D eigenvalue weighted by atomic mass is 79.9. The van der Waals surface area contributed by atoms with E-state index in [9.17, 15) is 4.79 Å². The number of furan rings is 1. The van der Waals surface area contributed by atoms with Crippen LogP contribution in [0.1, 0.15) is 28.9 Å². The summed E-state index contributed by atoms with van der Waals surface area (Å²) >= 11 is 3.27. The lowest BCUT2D eigenvalue weighted by atomic mass is 10.2. The highest BCUT2D eigenvalue weighted by Crippen LogP contribution is 2.21. The van der Waals surface area contributed by atoms with Gasteiger partial charge in [0.25, 0.3) is 0 Å². The van der Waals surface area contributed by atoms with Crippen LogP contribution < -0.4 is 0 Å². The quantitative estimate of drug-likeness (QED) is 0.813. The zero-order chi connectivity index (χ0) is 11.7. The lowest BCUT2D eigenvalue weighted by Gasteiger charge is -1.98. The third-order valence-electron chi connectivity index (χ3n) is 2.35. The number of aromatic nitrogens is 2. The summed E-state index contributed by atoms with van der Waals surface area (Å²) in [5, 5.41) is 4.23. The van der Waals surface area contributed by atoms with Crippen molar-refractivity contribution < 1.29 is 9.21 Å². The molecule has 0 amide bonds. The van der Waals surface area contributed by atoms with E-state index in [0.717, 1.165) is 12.1 Å². The first kappa shape index (κ1) is 11.1. The monoisotopic (exact) mass is 282 g/mol. The van der Waals surface area contributed by atoms with Gasteiger partial charge in [0.2, 0.25) is 5.78 Å². The maximum Gasteiger partial charge on any atom is 0.247 e. The Labute approximate surface area is 101 Å². The lowest BCUT2D eigenvalue weighted by molar-refractivity contribution is 0.0999. The van der Waals surface area contributed by atoms with Gasteiger partial charge in [-0.3, -0.25) is 9.48 Å². The molecule has 0 N–H and O–H groups in total. The fourth-order valence-corrected chi connectivity index (χ4v) is 1.87. The van der Waals surface area contributed by atoms with Crippen LogP contribution in [0.5, 0.6) is 0 Å². The summed E-state index contributed by atoms with van der Waals surface area (Å²) in [4.78, 5) is 12.1. The molecule has 0 saturated heterocycles. The molecule has 2 rings (SSSR count). The Balaban J connectivity index is 2.41. The molecule has 4 nitrogen and oxygen atoms in total. The minimum Gasteiger partial charge on any atom is -0.460 e. The van der Waals surface area contributed by atoms with Gasteiger partial charge in [0.05, 0.1) is 16.4 Å². The molecule has 2 heterocycles. The number of hydrogen-bond acceptors (Lipinski definition) is 3. The molecule has 0 bridgehead atoms. The smallest absolute Gasteiger partial charge is 0.247 e. The van der Waals surface area contributed by atoms with Crippen LogP contribution in [-0.2, 0) is 13.5 Å². The van der Waals surface area contributed by atoms with Crippen LogP contribution in [0.3, 0.4) is 0 Å². The SMILES string of the molecule is CCc1cc(C(=O)c2occc2Br)n(C)n1. The van der Waals surface area contributed by atoms with Gasteiger partial charge in [0, 0.05) is 7.05 Å². The molecular formula is C11H11BrN2O2. The predicted molar refractivity (Wildman–Crippen MR) is 62.4 cm³/mol. The van der Waals surface area contributed by atoms with Gasteiger partial charge in [-0.15, -0.1) is 0 Å². The van der Waals surface area contributed by atoms with Crippen molar-refractivity contribution in [3.63, 3.8) is 0 Å². The van der Waals surface area contributed by atoms with Gasteiger partial charge in [-0.2, -0.15) is 5.10 Å². The third-order valence-corrected chi connectivity index (χ3v) is 2.97. The Morgan fingerprint density at radius 3 is 2.88 bits per heavy atom. The molecule has 0 aliphatic rings. The van der Waals surface area contributed by atoms with Crippen LogP contribution in [0.2, 0.25) is 0 Å². The van der Waals surface area contributed by atoms with Crippen molar-refractivity contribution in [1.82, 2.24) is 9.78 Å². The normalized spacial score (nSPS) is 10.7. The number of carbonyl (C=O) groups excluding carboxylic acids is 1. The zero-order valence-corrected chi connectivity index (χ0v) is 10.6.